The van der Waals surface area contributed by atoms with Gasteiger partial charge < -0.3 is 9.47 Å². The Balaban J connectivity index is 2.19. The van der Waals surface area contributed by atoms with Gasteiger partial charge >= 0.3 is 11.9 Å². The number of ether oxygens (including phenoxy) is 2. The van der Waals surface area contributed by atoms with Crippen molar-refractivity contribution >= 4 is 33.2 Å². The number of thiazole rings is 1. The maximum Gasteiger partial charge on any atom is 0.367 e. The van der Waals surface area contributed by atoms with E-state index in [-0.39, 0.29) is 22.2 Å². The summed E-state index contributed by atoms with van der Waals surface area (Å²) in [6.45, 7) is 1.01. The van der Waals surface area contributed by atoms with Gasteiger partial charge in [-0.15, -0.1) is 11.3 Å². The van der Waals surface area contributed by atoms with Crippen LogP contribution in [0.25, 0.3) is 11.3 Å². The van der Waals surface area contributed by atoms with Gasteiger partial charge in [-0.2, -0.15) is 8.78 Å². The van der Waals surface area contributed by atoms with E-state index in [2.05, 4.69) is 20.9 Å². The molecule has 1 aromatic heterocycles. The molecule has 1 aliphatic heterocycles. The summed E-state index contributed by atoms with van der Waals surface area (Å²) in [5, 5.41) is -0.0839. The molecule has 0 radical (unpaired) electrons. The first kappa shape index (κ1) is 15.4. The summed E-state index contributed by atoms with van der Waals surface area (Å²) >= 11 is 3.94. The molecule has 2 heterocycles. The smallest absolute Gasteiger partial charge is 0.367 e. The third kappa shape index (κ3) is 2.61. The molecular weight excluding hydrogens is 380 g/mol. The number of nitrogens with zero attached hydrogens (tertiary/aromatic N) is 1. The van der Waals surface area contributed by atoms with Crippen LogP contribution in [0, 0.1) is 0 Å². The highest BCUT2D eigenvalue weighted by molar-refractivity contribution is 9.10. The van der Waals surface area contributed by atoms with Crippen molar-refractivity contribution in [3.8, 4) is 17.0 Å². The molecule has 0 amide bonds. The van der Waals surface area contributed by atoms with Crippen molar-refractivity contribution in [2.24, 2.45) is 0 Å². The Morgan fingerprint density at radius 1 is 1.55 bits per heavy atom. The molecule has 0 aliphatic carbocycles. The predicted molar refractivity (Wildman–Crippen MR) is 80.6 cm³/mol. The molecule has 1 aliphatic rings. The van der Waals surface area contributed by atoms with E-state index >= 15 is 0 Å². The van der Waals surface area contributed by atoms with Gasteiger partial charge in [0.1, 0.15) is 10.6 Å². The molecular formula is C14H10BrF2NO3S. The molecule has 8 heteroatoms. The van der Waals surface area contributed by atoms with E-state index in [1.165, 1.54) is 0 Å². The summed E-state index contributed by atoms with van der Waals surface area (Å²) in [5.41, 5.74) is 0.486. The monoisotopic (exact) mass is 389 g/mol. The molecule has 0 saturated carbocycles. The lowest BCUT2D eigenvalue weighted by molar-refractivity contribution is -0.0412. The minimum atomic E-state index is -3.22. The largest absolute Gasteiger partial charge is 0.486 e. The van der Waals surface area contributed by atoms with Gasteiger partial charge in [0.2, 0.25) is 5.01 Å². The average Bonchev–Trinajstić information content (AvgIpc) is 2.88. The second-order valence-corrected chi connectivity index (χ2v) is 6.47. The molecule has 2 aromatic rings. The molecule has 0 fully saturated rings. The van der Waals surface area contributed by atoms with E-state index in [1.54, 1.807) is 25.1 Å². The standard InChI is InChI=1S/C14H10BrF2NO3S/c1-2-20-13(19)12-18-10-8-5-7(15)3-4-9(8)21-6-14(16,17)11(10)22-12/h3-5H,2,6H2,1H3. The summed E-state index contributed by atoms with van der Waals surface area (Å²) in [7, 11) is 0. The number of rotatable bonds is 2. The fourth-order valence-corrected chi connectivity index (χ4v) is 3.37. The lowest BCUT2D eigenvalue weighted by atomic mass is 10.1. The van der Waals surface area contributed by atoms with Gasteiger partial charge in [0.15, 0.2) is 6.61 Å². The summed E-state index contributed by atoms with van der Waals surface area (Å²) in [6, 6.07) is 4.93. The summed E-state index contributed by atoms with van der Waals surface area (Å²) in [6.07, 6.45) is 0. The van der Waals surface area contributed by atoms with Crippen LogP contribution in [0.3, 0.4) is 0 Å². The fraction of sp³-hybridized carbons (Fsp3) is 0.286. The lowest BCUT2D eigenvalue weighted by Crippen LogP contribution is -2.20. The molecule has 3 rings (SSSR count). The molecule has 0 unspecified atom stereocenters. The molecule has 4 nitrogen and oxygen atoms in total. The predicted octanol–water partition coefficient (Wildman–Crippen LogP) is 4.23. The number of esters is 1. The van der Waals surface area contributed by atoms with Gasteiger partial charge in [-0.25, -0.2) is 9.78 Å². The lowest BCUT2D eigenvalue weighted by Gasteiger charge is -2.12. The second kappa shape index (κ2) is 5.58. The number of hydrogen-bond acceptors (Lipinski definition) is 5. The Morgan fingerprint density at radius 2 is 2.32 bits per heavy atom. The molecule has 1 aromatic carbocycles. The number of fused-ring (bicyclic) bond motifs is 3. The van der Waals surface area contributed by atoms with E-state index in [0.29, 0.717) is 27.1 Å². The van der Waals surface area contributed by atoms with Crippen LogP contribution < -0.4 is 4.74 Å². The van der Waals surface area contributed by atoms with Crippen LogP contribution in [0.5, 0.6) is 5.75 Å². The molecule has 0 N–H and O–H groups in total. The third-order valence-electron chi connectivity index (χ3n) is 3.02. The molecule has 0 atom stereocenters. The molecule has 0 bridgehead atoms. The Morgan fingerprint density at radius 3 is 3.05 bits per heavy atom. The number of halogens is 3. The van der Waals surface area contributed by atoms with E-state index in [9.17, 15) is 13.6 Å². The zero-order chi connectivity index (χ0) is 15.9. The summed E-state index contributed by atoms with van der Waals surface area (Å²) in [5.74, 6) is -3.61. The quantitative estimate of drug-likeness (QED) is 0.720. The van der Waals surface area contributed by atoms with Crippen molar-refractivity contribution in [1.29, 1.82) is 0 Å². The number of alkyl halides is 2. The van der Waals surface area contributed by atoms with E-state index in [0.717, 1.165) is 0 Å². The first-order chi connectivity index (χ1) is 10.4. The minimum Gasteiger partial charge on any atom is -0.486 e. The van der Waals surface area contributed by atoms with Crippen LogP contribution in [0.4, 0.5) is 8.78 Å². The highest BCUT2D eigenvalue weighted by Crippen LogP contribution is 2.46. The number of carbonyl (C=O) groups is 1. The van der Waals surface area contributed by atoms with Crippen molar-refractivity contribution in [3.05, 3.63) is 32.6 Å². The van der Waals surface area contributed by atoms with Crippen molar-refractivity contribution in [2.75, 3.05) is 13.2 Å². The fourth-order valence-electron chi connectivity index (χ4n) is 2.08. The Kier molecular flexibility index (Phi) is 3.90. The zero-order valence-corrected chi connectivity index (χ0v) is 13.8. The van der Waals surface area contributed by atoms with Gasteiger partial charge in [0.25, 0.3) is 0 Å². The number of aromatic nitrogens is 1. The molecule has 22 heavy (non-hydrogen) atoms. The van der Waals surface area contributed by atoms with Crippen molar-refractivity contribution in [3.63, 3.8) is 0 Å². The Bertz CT molecular complexity index is 748. The van der Waals surface area contributed by atoms with Gasteiger partial charge in [0, 0.05) is 10.0 Å². The second-order valence-electron chi connectivity index (χ2n) is 4.55. The Labute approximate surface area is 137 Å². The summed E-state index contributed by atoms with van der Waals surface area (Å²) < 4.78 is 39.3. The van der Waals surface area contributed by atoms with Gasteiger partial charge in [-0.1, -0.05) is 15.9 Å². The number of hydrogen-bond donors (Lipinski definition) is 0. The SMILES string of the molecule is CCOC(=O)c1nc2c(s1)C(F)(F)COc1ccc(Br)cc1-2. The van der Waals surface area contributed by atoms with Crippen LogP contribution in [-0.4, -0.2) is 24.2 Å². The number of carbonyl (C=O) groups excluding carboxylic acids is 1. The van der Waals surface area contributed by atoms with Gasteiger partial charge in [-0.3, -0.25) is 0 Å². The molecule has 116 valence electrons. The highest BCUT2D eigenvalue weighted by atomic mass is 79.9. The van der Waals surface area contributed by atoms with Crippen molar-refractivity contribution in [2.45, 2.75) is 12.8 Å². The van der Waals surface area contributed by atoms with E-state index in [1.807, 2.05) is 0 Å². The Hall–Kier alpha value is -1.54. The maximum absolute atomic E-state index is 14.3. The van der Waals surface area contributed by atoms with Crippen LogP contribution in [0.15, 0.2) is 22.7 Å². The topological polar surface area (TPSA) is 48.4 Å². The van der Waals surface area contributed by atoms with E-state index in [4.69, 9.17) is 9.47 Å². The van der Waals surface area contributed by atoms with Crippen LogP contribution in [-0.2, 0) is 10.7 Å². The zero-order valence-electron chi connectivity index (χ0n) is 11.4. The minimum absolute atomic E-state index is 0.0619. The normalized spacial score (nSPS) is 15.3. The van der Waals surface area contributed by atoms with Crippen molar-refractivity contribution < 1.29 is 23.0 Å². The van der Waals surface area contributed by atoms with Crippen molar-refractivity contribution in [1.82, 2.24) is 4.98 Å². The maximum atomic E-state index is 14.3. The highest BCUT2D eigenvalue weighted by Gasteiger charge is 2.42. The number of benzene rings is 1. The third-order valence-corrected chi connectivity index (χ3v) is 4.66. The average molecular weight is 390 g/mol. The van der Waals surface area contributed by atoms with Crippen LogP contribution >= 0.6 is 27.3 Å². The van der Waals surface area contributed by atoms with Crippen LogP contribution in [0.1, 0.15) is 21.6 Å². The van der Waals surface area contributed by atoms with E-state index < -0.39 is 18.5 Å². The summed E-state index contributed by atoms with van der Waals surface area (Å²) in [4.78, 5) is 15.6. The van der Waals surface area contributed by atoms with Crippen LogP contribution in [0.2, 0.25) is 0 Å². The first-order valence-corrected chi connectivity index (χ1v) is 8.02. The van der Waals surface area contributed by atoms with Gasteiger partial charge in [-0.05, 0) is 25.1 Å². The first-order valence-electron chi connectivity index (χ1n) is 6.41. The molecule has 0 saturated heterocycles. The van der Waals surface area contributed by atoms with Gasteiger partial charge in [0.05, 0.1) is 12.3 Å². The molecule has 0 spiro atoms.